The molecular weight excluding hydrogens is 354 g/mol. The van der Waals surface area contributed by atoms with Gasteiger partial charge in [0.05, 0.1) is 19.8 Å². The molecule has 1 atom stereocenters. The number of nitrogens with zero attached hydrogens (tertiary/aromatic N) is 1. The fourth-order valence-corrected chi connectivity index (χ4v) is 3.18. The van der Waals surface area contributed by atoms with Gasteiger partial charge in [0.25, 0.3) is 0 Å². The second-order valence-electron chi connectivity index (χ2n) is 7.88. The summed E-state index contributed by atoms with van der Waals surface area (Å²) in [4.78, 5) is 4.31. The Morgan fingerprint density at radius 3 is 2.82 bits per heavy atom. The van der Waals surface area contributed by atoms with Gasteiger partial charge in [-0.25, -0.2) is 0 Å². The smallest absolute Gasteiger partial charge is 0.191 e. The predicted octanol–water partition coefficient (Wildman–Crippen LogP) is 2.89. The summed E-state index contributed by atoms with van der Waals surface area (Å²) in [6.07, 6.45) is 4.68. The van der Waals surface area contributed by atoms with Gasteiger partial charge >= 0.3 is 0 Å². The maximum absolute atomic E-state index is 6.05. The Morgan fingerprint density at radius 2 is 2.07 bits per heavy atom. The summed E-state index contributed by atoms with van der Waals surface area (Å²) in [5.74, 6) is 3.12. The molecule has 6 nitrogen and oxygen atoms in total. The molecule has 28 heavy (non-hydrogen) atoms. The van der Waals surface area contributed by atoms with Gasteiger partial charge in [0.1, 0.15) is 5.75 Å². The van der Waals surface area contributed by atoms with Crippen LogP contribution >= 0.6 is 0 Å². The van der Waals surface area contributed by atoms with E-state index in [4.69, 9.17) is 14.2 Å². The second kappa shape index (κ2) is 11.3. The summed E-state index contributed by atoms with van der Waals surface area (Å²) >= 11 is 0. The number of aliphatic imine (C=N–C) groups is 1. The van der Waals surface area contributed by atoms with Crippen LogP contribution < -0.4 is 15.4 Å². The van der Waals surface area contributed by atoms with Crippen molar-refractivity contribution in [3.05, 3.63) is 29.3 Å². The molecule has 1 aromatic rings. The van der Waals surface area contributed by atoms with Crippen molar-refractivity contribution in [2.75, 3.05) is 46.6 Å². The van der Waals surface area contributed by atoms with E-state index in [1.54, 1.807) is 7.05 Å². The van der Waals surface area contributed by atoms with Crippen LogP contribution in [0.3, 0.4) is 0 Å². The molecule has 0 spiro atoms. The van der Waals surface area contributed by atoms with Crippen molar-refractivity contribution in [1.82, 2.24) is 10.6 Å². The zero-order valence-corrected chi connectivity index (χ0v) is 17.3. The molecule has 0 radical (unpaired) electrons. The lowest BCUT2D eigenvalue weighted by molar-refractivity contribution is 0.0888. The molecular formula is C22H35N3O3. The van der Waals surface area contributed by atoms with Gasteiger partial charge in [0.15, 0.2) is 5.96 Å². The van der Waals surface area contributed by atoms with Crippen LogP contribution in [0.1, 0.15) is 36.8 Å². The topological polar surface area (TPSA) is 64.1 Å². The lowest BCUT2D eigenvalue weighted by Crippen LogP contribution is -2.37. The van der Waals surface area contributed by atoms with Gasteiger partial charge in [-0.05, 0) is 50.2 Å². The number of hydrogen-bond acceptors (Lipinski definition) is 4. The third kappa shape index (κ3) is 7.32. The summed E-state index contributed by atoms with van der Waals surface area (Å²) < 4.78 is 17.2. The van der Waals surface area contributed by atoms with E-state index in [9.17, 15) is 0 Å². The summed E-state index contributed by atoms with van der Waals surface area (Å²) in [7, 11) is 1.80. The zero-order chi connectivity index (χ0) is 19.6. The molecule has 0 aromatic heterocycles. The molecule has 6 heteroatoms. The van der Waals surface area contributed by atoms with Crippen LogP contribution in [0.4, 0.5) is 0 Å². The quantitative estimate of drug-likeness (QED) is 0.346. The second-order valence-corrected chi connectivity index (χ2v) is 7.88. The molecule has 156 valence electrons. The van der Waals surface area contributed by atoms with E-state index in [1.165, 1.54) is 18.4 Å². The van der Waals surface area contributed by atoms with Gasteiger partial charge in [0, 0.05) is 44.8 Å². The molecule has 1 aliphatic heterocycles. The van der Waals surface area contributed by atoms with Gasteiger partial charge < -0.3 is 24.8 Å². The maximum atomic E-state index is 6.05. The summed E-state index contributed by atoms with van der Waals surface area (Å²) in [5.41, 5.74) is 2.39. The van der Waals surface area contributed by atoms with Crippen LogP contribution in [-0.2, 0) is 16.0 Å². The molecule has 3 rings (SSSR count). The molecule has 1 saturated heterocycles. The van der Waals surface area contributed by atoms with E-state index in [0.717, 1.165) is 75.6 Å². The minimum Gasteiger partial charge on any atom is -0.493 e. The van der Waals surface area contributed by atoms with Gasteiger partial charge in [-0.1, -0.05) is 12.1 Å². The van der Waals surface area contributed by atoms with Crippen LogP contribution in [0.2, 0.25) is 0 Å². The third-order valence-corrected chi connectivity index (χ3v) is 5.20. The first-order valence-electron chi connectivity index (χ1n) is 10.6. The molecule has 2 aliphatic rings. The Morgan fingerprint density at radius 1 is 1.18 bits per heavy atom. The SMILES string of the molecule is CN=C(NCCCOCC1CCOC1)NCc1ccc(C)cc1OCC1CC1. The van der Waals surface area contributed by atoms with Crippen molar-refractivity contribution >= 4 is 5.96 Å². The summed E-state index contributed by atoms with van der Waals surface area (Å²) in [6.45, 7) is 7.76. The molecule has 2 N–H and O–H groups in total. The molecule has 1 saturated carbocycles. The number of hydrogen-bond donors (Lipinski definition) is 2. The molecule has 1 aromatic carbocycles. The number of ether oxygens (including phenoxy) is 3. The van der Waals surface area contributed by atoms with Crippen LogP contribution in [0, 0.1) is 18.8 Å². The minimum atomic E-state index is 0.577. The number of guanidine groups is 1. The highest BCUT2D eigenvalue weighted by Gasteiger charge is 2.22. The first-order valence-corrected chi connectivity index (χ1v) is 10.6. The fraction of sp³-hybridized carbons (Fsp3) is 0.682. The van der Waals surface area contributed by atoms with Crippen molar-refractivity contribution in [3.8, 4) is 5.75 Å². The van der Waals surface area contributed by atoms with E-state index in [2.05, 4.69) is 40.7 Å². The van der Waals surface area contributed by atoms with Crippen LogP contribution in [-0.4, -0.2) is 52.6 Å². The third-order valence-electron chi connectivity index (χ3n) is 5.20. The highest BCUT2D eigenvalue weighted by molar-refractivity contribution is 5.79. The van der Waals surface area contributed by atoms with Crippen molar-refractivity contribution in [2.24, 2.45) is 16.8 Å². The Balaban J connectivity index is 1.34. The van der Waals surface area contributed by atoms with E-state index >= 15 is 0 Å². The Hall–Kier alpha value is -1.79. The lowest BCUT2D eigenvalue weighted by Gasteiger charge is -2.15. The Kier molecular flexibility index (Phi) is 8.42. The average Bonchev–Trinajstić information content (AvgIpc) is 3.39. The number of aryl methyl sites for hydroxylation is 1. The van der Waals surface area contributed by atoms with E-state index in [-0.39, 0.29) is 0 Å². The highest BCUT2D eigenvalue weighted by Crippen LogP contribution is 2.30. The minimum absolute atomic E-state index is 0.577. The van der Waals surface area contributed by atoms with Crippen molar-refractivity contribution in [1.29, 1.82) is 0 Å². The summed E-state index contributed by atoms with van der Waals surface area (Å²) in [6, 6.07) is 6.39. The molecule has 1 unspecified atom stereocenters. The Labute approximate surface area is 169 Å². The van der Waals surface area contributed by atoms with Crippen LogP contribution in [0.5, 0.6) is 5.75 Å². The Bertz CT molecular complexity index is 625. The number of nitrogens with one attached hydrogen (secondary N) is 2. The highest BCUT2D eigenvalue weighted by atomic mass is 16.5. The molecule has 0 bridgehead atoms. The van der Waals surface area contributed by atoms with Crippen molar-refractivity contribution < 1.29 is 14.2 Å². The van der Waals surface area contributed by atoms with Gasteiger partial charge in [-0.15, -0.1) is 0 Å². The van der Waals surface area contributed by atoms with Crippen molar-refractivity contribution in [2.45, 2.75) is 39.2 Å². The largest absolute Gasteiger partial charge is 0.493 e. The van der Waals surface area contributed by atoms with E-state index in [0.29, 0.717) is 12.5 Å². The van der Waals surface area contributed by atoms with E-state index in [1.807, 2.05) is 0 Å². The zero-order valence-electron chi connectivity index (χ0n) is 17.3. The van der Waals surface area contributed by atoms with E-state index < -0.39 is 0 Å². The monoisotopic (exact) mass is 389 g/mol. The normalized spacial score (nSPS) is 19.6. The molecule has 1 aliphatic carbocycles. The average molecular weight is 390 g/mol. The number of benzene rings is 1. The van der Waals surface area contributed by atoms with Gasteiger partial charge in [-0.3, -0.25) is 4.99 Å². The molecule has 1 heterocycles. The standard InChI is InChI=1S/C22H35N3O3/c1-17-4-7-20(21(12-17)28-16-18-5-6-18)13-25-22(23-2)24-9-3-10-26-14-19-8-11-27-15-19/h4,7,12,18-19H,3,5-6,8-11,13-16H2,1-2H3,(H2,23,24,25). The van der Waals surface area contributed by atoms with Gasteiger partial charge in [-0.2, -0.15) is 0 Å². The molecule has 0 amide bonds. The first-order chi connectivity index (χ1) is 13.7. The lowest BCUT2D eigenvalue weighted by atomic mass is 10.1. The van der Waals surface area contributed by atoms with Crippen molar-refractivity contribution in [3.63, 3.8) is 0 Å². The number of rotatable bonds is 11. The first kappa shape index (κ1) is 20.9. The summed E-state index contributed by atoms with van der Waals surface area (Å²) in [5, 5.41) is 6.74. The fourth-order valence-electron chi connectivity index (χ4n) is 3.18. The van der Waals surface area contributed by atoms with Crippen LogP contribution in [0.25, 0.3) is 0 Å². The predicted molar refractivity (Wildman–Crippen MR) is 112 cm³/mol. The van der Waals surface area contributed by atoms with Gasteiger partial charge in [0.2, 0.25) is 0 Å². The van der Waals surface area contributed by atoms with Crippen LogP contribution in [0.15, 0.2) is 23.2 Å². The molecule has 2 fully saturated rings. The maximum Gasteiger partial charge on any atom is 0.191 e.